The highest BCUT2D eigenvalue weighted by Crippen LogP contribution is 2.44. The second-order valence-corrected chi connectivity index (χ2v) is 14.9. The Balaban J connectivity index is 2.60. The highest BCUT2D eigenvalue weighted by atomic mass is 33.1. The maximum absolute atomic E-state index is 12.7. The summed E-state index contributed by atoms with van der Waals surface area (Å²) in [5.74, 6) is 7.45. The molecule has 1 aromatic rings. The van der Waals surface area contributed by atoms with E-state index in [1.54, 1.807) is 21.6 Å². The Labute approximate surface area is 244 Å². The third-order valence-electron chi connectivity index (χ3n) is 5.19. The number of unbranched alkanes of at least 4 members (excludes halogenated alkanes) is 1. The largest absolute Gasteiger partial charge is 0.490 e. The maximum Gasteiger partial charge on any atom is 0.246 e. The van der Waals surface area contributed by atoms with Crippen molar-refractivity contribution in [1.29, 1.82) is 0 Å². The van der Waals surface area contributed by atoms with Gasteiger partial charge in [-0.25, -0.2) is 0 Å². The van der Waals surface area contributed by atoms with Crippen molar-refractivity contribution in [3.8, 4) is 17.6 Å². The number of amides is 1. The van der Waals surface area contributed by atoms with E-state index < -0.39 is 4.93 Å². The van der Waals surface area contributed by atoms with Crippen LogP contribution in [0.1, 0.15) is 91.4 Å². The normalized spacial score (nSPS) is 13.1. The Morgan fingerprint density at radius 3 is 2.44 bits per heavy atom. The van der Waals surface area contributed by atoms with Crippen LogP contribution in [0.15, 0.2) is 24.3 Å². The SMILES string of the molecule is CC(C)C#CCNC(=O)COCCOC(C)(COc1cccc(C(=O)CCCCC(C)C)c1)SSC(C)(C)C. The lowest BCUT2D eigenvalue weighted by molar-refractivity contribution is -0.126. The number of carbonyl (C=O) groups excluding carboxylic acids is 2. The maximum atomic E-state index is 12.7. The van der Waals surface area contributed by atoms with Crippen molar-refractivity contribution in [3.63, 3.8) is 0 Å². The quantitative estimate of drug-likeness (QED) is 0.0650. The molecule has 6 nitrogen and oxygen atoms in total. The van der Waals surface area contributed by atoms with Crippen LogP contribution in [-0.4, -0.2) is 54.3 Å². The van der Waals surface area contributed by atoms with Crippen LogP contribution in [0.5, 0.6) is 5.75 Å². The number of hydrogen-bond donors (Lipinski definition) is 1. The summed E-state index contributed by atoms with van der Waals surface area (Å²) in [7, 11) is 3.33. The predicted octanol–water partition coefficient (Wildman–Crippen LogP) is 7.17. The van der Waals surface area contributed by atoms with Crippen LogP contribution in [0.2, 0.25) is 0 Å². The van der Waals surface area contributed by atoms with Gasteiger partial charge in [-0.3, -0.25) is 9.59 Å². The molecule has 1 aromatic carbocycles. The van der Waals surface area contributed by atoms with Gasteiger partial charge in [0.1, 0.15) is 19.0 Å². The molecule has 1 atom stereocenters. The smallest absolute Gasteiger partial charge is 0.246 e. The molecule has 0 fully saturated rings. The number of carbonyl (C=O) groups is 2. The molecule has 0 radical (unpaired) electrons. The molecular weight excluding hydrogens is 530 g/mol. The monoisotopic (exact) mass is 579 g/mol. The second kappa shape index (κ2) is 18.6. The summed E-state index contributed by atoms with van der Waals surface area (Å²) in [6.45, 7) is 18.0. The lowest BCUT2D eigenvalue weighted by Gasteiger charge is -2.31. The molecule has 0 aromatic heterocycles. The Kier molecular flexibility index (Phi) is 16.9. The van der Waals surface area contributed by atoms with Crippen LogP contribution in [0.3, 0.4) is 0 Å². The van der Waals surface area contributed by atoms with Gasteiger partial charge in [-0.15, -0.1) is 0 Å². The van der Waals surface area contributed by atoms with Crippen LogP contribution >= 0.6 is 21.6 Å². The molecule has 0 aliphatic rings. The molecule has 8 heteroatoms. The van der Waals surface area contributed by atoms with Crippen molar-refractivity contribution in [2.75, 3.05) is 33.0 Å². The fourth-order valence-corrected chi connectivity index (χ4v) is 5.42. The first-order valence-electron chi connectivity index (χ1n) is 13.9. The van der Waals surface area contributed by atoms with E-state index in [1.165, 1.54) is 0 Å². The van der Waals surface area contributed by atoms with E-state index in [1.807, 2.05) is 45.0 Å². The summed E-state index contributed by atoms with van der Waals surface area (Å²) in [6, 6.07) is 7.39. The summed E-state index contributed by atoms with van der Waals surface area (Å²) in [4.78, 5) is 23.9. The van der Waals surface area contributed by atoms with Crippen LogP contribution in [0.4, 0.5) is 0 Å². The van der Waals surface area contributed by atoms with Gasteiger partial charge in [0.05, 0.1) is 19.8 Å². The van der Waals surface area contributed by atoms with E-state index in [4.69, 9.17) is 14.2 Å². The number of ketones is 1. The highest BCUT2D eigenvalue weighted by Gasteiger charge is 2.30. The lowest BCUT2D eigenvalue weighted by atomic mass is 10.0. The first-order chi connectivity index (χ1) is 18.3. The molecule has 1 rings (SSSR count). The number of nitrogens with one attached hydrogen (secondary N) is 1. The molecule has 0 spiro atoms. The molecule has 0 aliphatic carbocycles. The van der Waals surface area contributed by atoms with E-state index in [0.717, 1.165) is 19.3 Å². The number of ether oxygens (including phenoxy) is 3. The third-order valence-corrected chi connectivity index (χ3v) is 9.17. The minimum atomic E-state index is -0.660. The second-order valence-electron chi connectivity index (χ2n) is 11.4. The molecular formula is C31H49NO5S2. The number of rotatable bonds is 18. The summed E-state index contributed by atoms with van der Waals surface area (Å²) in [6.07, 6.45) is 3.67. The van der Waals surface area contributed by atoms with Gasteiger partial charge in [0.15, 0.2) is 10.7 Å². The summed E-state index contributed by atoms with van der Waals surface area (Å²) < 4.78 is 17.8. The van der Waals surface area contributed by atoms with Crippen LogP contribution < -0.4 is 10.1 Å². The number of Topliss-reactive ketones (excluding diaryl/α,β-unsaturated/α-hetero) is 1. The van der Waals surface area contributed by atoms with Crippen LogP contribution in [0.25, 0.3) is 0 Å². The van der Waals surface area contributed by atoms with Gasteiger partial charge in [-0.2, -0.15) is 0 Å². The van der Waals surface area contributed by atoms with Gasteiger partial charge in [-0.1, -0.05) is 107 Å². The molecule has 220 valence electrons. The molecule has 1 N–H and O–H groups in total. The molecule has 0 saturated carbocycles. The third kappa shape index (κ3) is 18.3. The highest BCUT2D eigenvalue weighted by molar-refractivity contribution is 8.77. The van der Waals surface area contributed by atoms with Gasteiger partial charge in [0, 0.05) is 22.6 Å². The zero-order valence-corrected chi connectivity index (χ0v) is 26.8. The van der Waals surface area contributed by atoms with E-state index >= 15 is 0 Å². The van der Waals surface area contributed by atoms with Gasteiger partial charge in [0.2, 0.25) is 5.91 Å². The Morgan fingerprint density at radius 2 is 1.77 bits per heavy atom. The molecule has 0 aliphatic heterocycles. The fourth-order valence-electron chi connectivity index (χ4n) is 3.19. The standard InChI is InChI=1S/C31H49NO5S2/c1-24(2)13-9-10-17-28(33)26-15-11-16-27(21-26)36-23-31(8,39-38-30(5,6)7)37-20-19-35-22-29(34)32-18-12-14-25(3)4/h11,15-16,21,24-25H,9-10,13,17-20,22-23H2,1-8H3,(H,32,34). The predicted molar refractivity (Wildman–Crippen MR) is 165 cm³/mol. The van der Waals surface area contributed by atoms with Crippen molar-refractivity contribution in [3.05, 3.63) is 29.8 Å². The van der Waals surface area contributed by atoms with Crippen molar-refractivity contribution in [1.82, 2.24) is 5.32 Å². The Bertz CT molecular complexity index is 933. The minimum absolute atomic E-state index is 0.0320. The first-order valence-corrected chi connectivity index (χ1v) is 16.0. The average molecular weight is 580 g/mol. The minimum Gasteiger partial charge on any atom is -0.490 e. The lowest BCUT2D eigenvalue weighted by Crippen LogP contribution is -2.34. The van der Waals surface area contributed by atoms with E-state index in [0.29, 0.717) is 43.4 Å². The van der Waals surface area contributed by atoms with Crippen LogP contribution in [0, 0.1) is 23.7 Å². The molecule has 39 heavy (non-hydrogen) atoms. The Hall–Kier alpha value is -1.66. The number of hydrogen-bond acceptors (Lipinski definition) is 7. The summed E-state index contributed by atoms with van der Waals surface area (Å²) in [5, 5.41) is 2.72. The summed E-state index contributed by atoms with van der Waals surface area (Å²) >= 11 is 0. The number of benzene rings is 1. The van der Waals surface area contributed by atoms with Gasteiger partial charge in [0.25, 0.3) is 0 Å². The molecule has 0 heterocycles. The van der Waals surface area contributed by atoms with E-state index in [-0.39, 0.29) is 35.6 Å². The zero-order chi connectivity index (χ0) is 29.3. The van der Waals surface area contributed by atoms with Gasteiger partial charge in [-0.05, 0) is 31.4 Å². The van der Waals surface area contributed by atoms with Crippen molar-refractivity contribution >= 4 is 33.3 Å². The summed E-state index contributed by atoms with van der Waals surface area (Å²) in [5.41, 5.74) is 0.679. The topological polar surface area (TPSA) is 73.9 Å². The average Bonchev–Trinajstić information content (AvgIpc) is 2.86. The zero-order valence-electron chi connectivity index (χ0n) is 25.2. The van der Waals surface area contributed by atoms with E-state index in [9.17, 15) is 9.59 Å². The van der Waals surface area contributed by atoms with E-state index in [2.05, 4.69) is 51.8 Å². The van der Waals surface area contributed by atoms with Gasteiger partial charge < -0.3 is 19.5 Å². The van der Waals surface area contributed by atoms with Gasteiger partial charge >= 0.3 is 0 Å². The van der Waals surface area contributed by atoms with Crippen molar-refractivity contribution in [2.45, 2.75) is 90.8 Å². The molecule has 0 saturated heterocycles. The fraction of sp³-hybridized carbons (Fsp3) is 0.677. The molecule has 0 bridgehead atoms. The Morgan fingerprint density at radius 1 is 1.03 bits per heavy atom. The van der Waals surface area contributed by atoms with Crippen LogP contribution in [-0.2, 0) is 14.3 Å². The van der Waals surface area contributed by atoms with Crippen molar-refractivity contribution < 1.29 is 23.8 Å². The first kappa shape index (κ1) is 35.4. The molecule has 1 amide bonds. The molecule has 1 unspecified atom stereocenters. The van der Waals surface area contributed by atoms with Crippen molar-refractivity contribution in [2.24, 2.45) is 11.8 Å².